The summed E-state index contributed by atoms with van der Waals surface area (Å²) in [5.74, 6) is 1.43. The number of nitrogen functional groups attached to an aromatic ring is 1. The highest BCUT2D eigenvalue weighted by molar-refractivity contribution is 6.76. The highest BCUT2D eigenvalue weighted by Crippen LogP contribution is 2.42. The molecule has 9 aromatic heterocycles. The molecule has 0 saturated carbocycles. The standard InChI is InChI=1S/C32H44N8O3Si.C27H32N8O3.C17H21ClN4OSi.C15H24N4O2/c1-9-29(41)34-25-19-26(28(42-5)20-27(25)39(4)16-15-38(2)3)35-32-36-30(23-11-10-13-33-21-23)24-12-14-40(31(24)37-32)22-43-17-18-44(6,7)8;1-6-24(37)29-20-14-21(23(38-5)15-22(20)34(4)13-12-33(2)3)30-27-31-25(18-8-7-10-28-16-18)19-9-11-35(17-36)26(19)32-27;1-24(2,3)10-9-23-12-22-8-6-14-15(13-5-4-7-19-11-13)20-17(18)21-16(14)22;1-6-15(20)17-12-9-11(16)14(21-5)10-13(12)19(4)8-7-18(2)3/h9-14,19-21H,1,15-18,22H2,2-8H3,(H,34,41)(H,35,36,37);6-11,14-16,36H,1,12-13,17H2,2-5H3,(H,29,37)(H,30,31,32);4-8,11H,9-10,12H2,1-3H3;6,9-10H,1,7-8,16H2,2-5H3,(H,17,20). The molecule has 3 aromatic carbocycles. The predicted octanol–water partition coefficient (Wildman–Crippen LogP) is 14.9. The molecule has 0 bridgehead atoms. The van der Waals surface area contributed by atoms with Crippen LogP contribution in [0.2, 0.25) is 56.7 Å². The summed E-state index contributed by atoms with van der Waals surface area (Å²) in [5.41, 5.74) is 18.6. The molecule has 8 N–H and O–H groups in total. The molecule has 0 radical (unpaired) electrons. The number of nitrogens with two attached hydrogens (primary N) is 1. The molecule has 3 amide bonds. The summed E-state index contributed by atoms with van der Waals surface area (Å²) in [6.45, 7) is 31.6. The molecule has 0 saturated heterocycles. The zero-order chi connectivity index (χ0) is 92.2. The Morgan fingerprint density at radius 3 is 1.13 bits per heavy atom. The molecule has 674 valence electrons. The maximum Gasteiger partial charge on any atom is 0.247 e. The largest absolute Gasteiger partial charge is 0.495 e. The lowest BCUT2D eigenvalue weighted by molar-refractivity contribution is -0.112. The number of anilines is 11. The third kappa shape index (κ3) is 28.1. The highest BCUT2D eigenvalue weighted by atomic mass is 35.5. The number of benzene rings is 3. The molecule has 127 heavy (non-hydrogen) atoms. The number of pyridine rings is 3. The summed E-state index contributed by atoms with van der Waals surface area (Å²) in [4.78, 5) is 89.4. The first-order valence-corrected chi connectivity index (χ1v) is 49.0. The van der Waals surface area contributed by atoms with Crippen molar-refractivity contribution >= 4 is 142 Å². The zero-order valence-electron chi connectivity index (χ0n) is 76.1. The van der Waals surface area contributed by atoms with Crippen LogP contribution in [0, 0.1) is 0 Å². The summed E-state index contributed by atoms with van der Waals surface area (Å²) < 4.78 is 34.2. The molecule has 33 nitrogen and oxygen atoms in total. The van der Waals surface area contributed by atoms with Gasteiger partial charge < -0.3 is 104 Å². The maximum atomic E-state index is 12.4. The van der Waals surface area contributed by atoms with Crippen LogP contribution in [-0.4, -0.2) is 249 Å². The fourth-order valence-electron chi connectivity index (χ4n) is 12.7. The predicted molar refractivity (Wildman–Crippen MR) is 520 cm³/mol. The lowest BCUT2D eigenvalue weighted by Crippen LogP contribution is -2.29. The van der Waals surface area contributed by atoms with Crippen LogP contribution < -0.4 is 61.2 Å². The second-order valence-corrected chi connectivity index (χ2v) is 44.6. The van der Waals surface area contributed by atoms with E-state index in [-0.39, 0.29) is 35.7 Å². The van der Waals surface area contributed by atoms with Crippen molar-refractivity contribution in [3.63, 3.8) is 0 Å². The van der Waals surface area contributed by atoms with Gasteiger partial charge in [-0.2, -0.15) is 15.0 Å². The van der Waals surface area contributed by atoms with Crippen molar-refractivity contribution in [1.29, 1.82) is 0 Å². The monoisotopic (exact) mass is 1780 g/mol. The number of rotatable bonds is 39. The van der Waals surface area contributed by atoms with E-state index in [4.69, 9.17) is 56.0 Å². The molecule has 0 aliphatic rings. The first-order valence-electron chi connectivity index (χ1n) is 41.2. The number of halogens is 1. The van der Waals surface area contributed by atoms with Crippen molar-refractivity contribution in [3.8, 4) is 51.0 Å². The van der Waals surface area contributed by atoms with E-state index in [2.05, 4.69) is 135 Å². The number of likely N-dealkylation sites (N-methyl/N-ethyl adjacent to an activating group) is 6. The van der Waals surface area contributed by atoms with E-state index in [1.54, 1.807) is 81.4 Å². The number of carbonyl (C=O) groups excluding carboxylic acids is 3. The number of amides is 3. The van der Waals surface area contributed by atoms with Gasteiger partial charge in [-0.25, -0.2) is 15.0 Å². The van der Waals surface area contributed by atoms with Crippen molar-refractivity contribution in [1.82, 2.24) is 73.3 Å². The van der Waals surface area contributed by atoms with Gasteiger partial charge in [0, 0.05) is 197 Å². The van der Waals surface area contributed by atoms with Crippen molar-refractivity contribution in [2.75, 3.05) is 184 Å². The lowest BCUT2D eigenvalue weighted by atomic mass is 10.1. The Morgan fingerprint density at radius 1 is 0.457 bits per heavy atom. The molecule has 0 aliphatic carbocycles. The van der Waals surface area contributed by atoms with Crippen LogP contribution in [-0.2, 0) is 44.0 Å². The van der Waals surface area contributed by atoms with Crippen LogP contribution in [0.3, 0.4) is 0 Å². The van der Waals surface area contributed by atoms with E-state index in [0.717, 1.165) is 131 Å². The topological polar surface area (TPSA) is 354 Å². The second kappa shape index (κ2) is 46.5. The Morgan fingerprint density at radius 2 is 0.795 bits per heavy atom. The molecule has 0 spiro atoms. The number of carbonyl (C=O) groups is 3. The Balaban J connectivity index is 0.000000199. The van der Waals surface area contributed by atoms with Crippen LogP contribution in [0.15, 0.2) is 185 Å². The van der Waals surface area contributed by atoms with Gasteiger partial charge >= 0.3 is 0 Å². The van der Waals surface area contributed by atoms with E-state index < -0.39 is 16.1 Å². The number of nitrogens with zero attached hydrogens (tertiary/aromatic N) is 18. The van der Waals surface area contributed by atoms with Crippen LogP contribution in [0.1, 0.15) is 0 Å². The average molecular weight is 1790 g/mol. The summed E-state index contributed by atoms with van der Waals surface area (Å²) in [6, 6.07) is 30.4. The molecule has 12 aromatic rings. The number of hydrogen-bond donors (Lipinski definition) is 7. The fourth-order valence-corrected chi connectivity index (χ4v) is 14.4. The van der Waals surface area contributed by atoms with Gasteiger partial charge in [0.1, 0.15) is 54.4 Å². The van der Waals surface area contributed by atoms with Crippen molar-refractivity contribution in [3.05, 3.63) is 190 Å². The van der Waals surface area contributed by atoms with Gasteiger partial charge in [0.2, 0.25) is 34.9 Å². The summed E-state index contributed by atoms with van der Waals surface area (Å²) in [6.07, 6.45) is 19.8. The molecular formula is C91H121ClN24O9Si2. The molecular weight excluding hydrogens is 1660 g/mol. The summed E-state index contributed by atoms with van der Waals surface area (Å²) in [7, 11) is 20.4. The van der Waals surface area contributed by atoms with E-state index in [9.17, 15) is 19.5 Å². The van der Waals surface area contributed by atoms with Gasteiger partial charge in [0.05, 0.1) is 89.6 Å². The minimum atomic E-state index is -1.21. The SMILES string of the molecule is C=CC(=O)Nc1cc(N)c(OC)cc1N(C)CCN(C)C.C=CC(=O)Nc1cc(Nc2nc(-c3cccnc3)c3ccn(CO)c3n2)c(OC)cc1N(C)CCN(C)C.C=CC(=O)Nc1cc(Nc2nc(-c3cccnc3)c3ccn(COCC[Si](C)(C)C)c3n2)c(OC)cc1N(C)CCN(C)C.C[Si](C)(C)CCOCn1ccc2c(-c3cccnc3)nc(Cl)nc21. The Hall–Kier alpha value is -12.7. The molecule has 36 heteroatoms. The van der Waals surface area contributed by atoms with E-state index in [1.165, 1.54) is 18.2 Å². The second-order valence-electron chi connectivity index (χ2n) is 33.0. The minimum absolute atomic E-state index is 0.225. The molecule has 0 fully saturated rings. The van der Waals surface area contributed by atoms with Gasteiger partial charge in [-0.3, -0.25) is 29.3 Å². The average Bonchev–Trinajstić information content (AvgIpc) is 1.66. The van der Waals surface area contributed by atoms with Gasteiger partial charge in [0.15, 0.2) is 0 Å². The Labute approximate surface area is 750 Å². The van der Waals surface area contributed by atoms with E-state index >= 15 is 0 Å². The molecule has 0 atom stereocenters. The van der Waals surface area contributed by atoms with Crippen molar-refractivity contribution in [2.45, 2.75) is 71.6 Å². The van der Waals surface area contributed by atoms with E-state index in [0.29, 0.717) is 88.7 Å². The number of methoxy groups -OCH3 is 3. The number of fused-ring (bicyclic) bond motifs is 3. The molecule has 0 unspecified atom stereocenters. The van der Waals surface area contributed by atoms with Gasteiger partial charge in [-0.15, -0.1) is 0 Å². The van der Waals surface area contributed by atoms with Crippen molar-refractivity contribution < 1.29 is 43.2 Å². The van der Waals surface area contributed by atoms with Gasteiger partial charge in [0.25, 0.3) is 0 Å². The summed E-state index contributed by atoms with van der Waals surface area (Å²) in [5, 5.41) is 27.9. The first-order chi connectivity index (χ1) is 60.6. The smallest absolute Gasteiger partial charge is 0.247 e. The Kier molecular flexibility index (Phi) is 35.9. The quantitative estimate of drug-likeness (QED) is 0.00618. The summed E-state index contributed by atoms with van der Waals surface area (Å²) >= 11 is 6.13. The fraction of sp³-hybridized carbons (Fsp3) is 0.341. The Bertz CT molecular complexity index is 5690. The number of aliphatic hydroxyl groups is 1. The van der Waals surface area contributed by atoms with E-state index in [1.807, 2.05) is 174 Å². The third-order valence-corrected chi connectivity index (χ3v) is 23.5. The normalized spacial score (nSPS) is 11.3. The molecule has 12 rings (SSSR count). The zero-order valence-corrected chi connectivity index (χ0v) is 78.9. The van der Waals surface area contributed by atoms with Crippen molar-refractivity contribution in [2.24, 2.45) is 0 Å². The van der Waals surface area contributed by atoms with Crippen LogP contribution >= 0.6 is 11.6 Å². The van der Waals surface area contributed by atoms with Gasteiger partial charge in [-0.05, 0) is 157 Å². The number of nitrogens with one attached hydrogen (secondary N) is 5. The highest BCUT2D eigenvalue weighted by Gasteiger charge is 2.25. The number of aliphatic hydroxyl groups excluding tert-OH is 1. The molecule has 9 heterocycles. The maximum absolute atomic E-state index is 12.4. The first kappa shape index (κ1) is 98.1. The minimum Gasteiger partial charge on any atom is -0.495 e. The van der Waals surface area contributed by atoms with Crippen LogP contribution in [0.5, 0.6) is 17.2 Å². The lowest BCUT2D eigenvalue weighted by Gasteiger charge is -2.26. The number of hydrogen-bond acceptors (Lipinski definition) is 27. The number of aromatic nitrogens is 12. The van der Waals surface area contributed by atoms with Gasteiger partial charge in [-0.1, -0.05) is 59.0 Å². The third-order valence-electron chi connectivity index (χ3n) is 19.9. The molecule has 0 aliphatic heterocycles. The van der Waals surface area contributed by atoms with Crippen LogP contribution in [0.4, 0.5) is 63.1 Å². The van der Waals surface area contributed by atoms with Crippen LogP contribution in [0.25, 0.3) is 66.9 Å². The number of ether oxygens (including phenoxy) is 5.